The maximum absolute atomic E-state index is 12.4. The molecule has 0 unspecified atom stereocenters. The summed E-state index contributed by atoms with van der Waals surface area (Å²) in [5.41, 5.74) is 3.86. The van der Waals surface area contributed by atoms with Gasteiger partial charge in [-0.1, -0.05) is 36.4 Å². The zero-order chi connectivity index (χ0) is 17.6. The van der Waals surface area contributed by atoms with Crippen molar-refractivity contribution in [2.75, 3.05) is 5.32 Å². The lowest BCUT2D eigenvalue weighted by Crippen LogP contribution is -2.13. The first kappa shape index (κ1) is 18.0. The molecule has 3 aromatic carbocycles. The van der Waals surface area contributed by atoms with E-state index in [2.05, 4.69) is 64.3 Å². The van der Waals surface area contributed by atoms with Crippen molar-refractivity contribution < 1.29 is 4.79 Å². The standard InChI is InChI=1S/C21H18INOS/c1-15-12-16(14-25-19-8-3-2-4-9-19)10-11-20(15)23-21(24)17-6-5-7-18(22)13-17/h2-13H,14H2,1H3,(H,23,24). The van der Waals surface area contributed by atoms with Gasteiger partial charge < -0.3 is 5.32 Å². The van der Waals surface area contributed by atoms with Gasteiger partial charge in [0, 0.05) is 25.5 Å². The molecule has 1 amide bonds. The lowest BCUT2D eigenvalue weighted by molar-refractivity contribution is 0.102. The highest BCUT2D eigenvalue weighted by Gasteiger charge is 2.08. The van der Waals surface area contributed by atoms with Crippen LogP contribution in [0.4, 0.5) is 5.69 Å². The molecule has 3 aromatic rings. The molecule has 25 heavy (non-hydrogen) atoms. The van der Waals surface area contributed by atoms with E-state index in [-0.39, 0.29) is 5.91 Å². The van der Waals surface area contributed by atoms with Crippen LogP contribution in [0.3, 0.4) is 0 Å². The average Bonchev–Trinajstić information content (AvgIpc) is 2.63. The molecule has 2 nitrogen and oxygen atoms in total. The third-order valence-corrected chi connectivity index (χ3v) is 5.53. The maximum Gasteiger partial charge on any atom is 0.255 e. The number of thioether (sulfide) groups is 1. The molecular weight excluding hydrogens is 441 g/mol. The predicted molar refractivity (Wildman–Crippen MR) is 114 cm³/mol. The number of hydrogen-bond acceptors (Lipinski definition) is 2. The fraction of sp³-hybridized carbons (Fsp3) is 0.0952. The number of anilines is 1. The Hall–Kier alpha value is -1.79. The van der Waals surface area contributed by atoms with Gasteiger partial charge in [0.1, 0.15) is 0 Å². The molecular formula is C21H18INOS. The van der Waals surface area contributed by atoms with Crippen molar-refractivity contribution in [1.29, 1.82) is 0 Å². The Morgan fingerprint density at radius 2 is 1.80 bits per heavy atom. The fourth-order valence-electron chi connectivity index (χ4n) is 2.46. The second kappa shape index (κ2) is 8.54. The van der Waals surface area contributed by atoms with E-state index in [1.54, 1.807) is 0 Å². The molecule has 0 bridgehead atoms. The number of benzene rings is 3. The Labute approximate surface area is 166 Å². The number of carbonyl (C=O) groups is 1. The maximum atomic E-state index is 12.4. The van der Waals surface area contributed by atoms with Gasteiger partial charge >= 0.3 is 0 Å². The smallest absolute Gasteiger partial charge is 0.255 e. The highest BCUT2D eigenvalue weighted by molar-refractivity contribution is 14.1. The van der Waals surface area contributed by atoms with Crippen LogP contribution in [0.2, 0.25) is 0 Å². The minimum Gasteiger partial charge on any atom is -0.322 e. The Morgan fingerprint density at radius 1 is 1.00 bits per heavy atom. The van der Waals surface area contributed by atoms with E-state index in [0.29, 0.717) is 5.56 Å². The molecule has 0 radical (unpaired) electrons. The molecule has 0 aliphatic rings. The molecule has 0 aliphatic carbocycles. The summed E-state index contributed by atoms with van der Waals surface area (Å²) in [4.78, 5) is 13.7. The summed E-state index contributed by atoms with van der Waals surface area (Å²) in [7, 11) is 0. The van der Waals surface area contributed by atoms with Crippen LogP contribution in [0.25, 0.3) is 0 Å². The summed E-state index contributed by atoms with van der Waals surface area (Å²) >= 11 is 4.02. The molecule has 4 heteroatoms. The number of hydrogen-bond donors (Lipinski definition) is 1. The number of nitrogens with one attached hydrogen (secondary N) is 1. The van der Waals surface area contributed by atoms with Crippen LogP contribution in [0.1, 0.15) is 21.5 Å². The van der Waals surface area contributed by atoms with Gasteiger partial charge in [0.15, 0.2) is 0 Å². The first-order valence-corrected chi connectivity index (χ1v) is 10.0. The molecule has 0 fully saturated rings. The number of amides is 1. The third kappa shape index (κ3) is 5.09. The number of carbonyl (C=O) groups excluding carboxylic acids is 1. The van der Waals surface area contributed by atoms with Crippen molar-refractivity contribution in [3.8, 4) is 0 Å². The predicted octanol–water partition coefficient (Wildman–Crippen LogP) is 6.14. The monoisotopic (exact) mass is 459 g/mol. The molecule has 0 atom stereocenters. The van der Waals surface area contributed by atoms with Crippen LogP contribution in [0.15, 0.2) is 77.7 Å². The topological polar surface area (TPSA) is 29.1 Å². The highest BCUT2D eigenvalue weighted by Crippen LogP contribution is 2.25. The van der Waals surface area contributed by atoms with Crippen LogP contribution in [-0.2, 0) is 5.75 Å². The lowest BCUT2D eigenvalue weighted by Gasteiger charge is -2.11. The SMILES string of the molecule is Cc1cc(CSc2ccccc2)ccc1NC(=O)c1cccc(I)c1. The molecule has 0 heterocycles. The largest absolute Gasteiger partial charge is 0.322 e. The van der Waals surface area contributed by atoms with E-state index in [9.17, 15) is 4.79 Å². The Balaban J connectivity index is 1.66. The normalized spacial score (nSPS) is 10.5. The quantitative estimate of drug-likeness (QED) is 0.367. The van der Waals surface area contributed by atoms with E-state index in [1.807, 2.05) is 55.1 Å². The summed E-state index contributed by atoms with van der Waals surface area (Å²) in [6.45, 7) is 2.03. The lowest BCUT2D eigenvalue weighted by atomic mass is 10.1. The summed E-state index contributed by atoms with van der Waals surface area (Å²) in [5, 5.41) is 3.01. The average molecular weight is 459 g/mol. The summed E-state index contributed by atoms with van der Waals surface area (Å²) in [5.74, 6) is 0.837. The van der Waals surface area contributed by atoms with Gasteiger partial charge in [-0.2, -0.15) is 0 Å². The van der Waals surface area contributed by atoms with E-state index in [4.69, 9.17) is 0 Å². The van der Waals surface area contributed by atoms with Gasteiger partial charge in [-0.3, -0.25) is 4.79 Å². The molecule has 0 spiro atoms. The number of halogens is 1. The van der Waals surface area contributed by atoms with Gasteiger partial charge in [-0.25, -0.2) is 0 Å². The van der Waals surface area contributed by atoms with Crippen LogP contribution in [0.5, 0.6) is 0 Å². The second-order valence-corrected chi connectivity index (χ2v) is 8.01. The van der Waals surface area contributed by atoms with Crippen molar-refractivity contribution in [2.45, 2.75) is 17.6 Å². The highest BCUT2D eigenvalue weighted by atomic mass is 127. The molecule has 126 valence electrons. The molecule has 0 aromatic heterocycles. The van der Waals surface area contributed by atoms with Gasteiger partial charge in [-0.15, -0.1) is 11.8 Å². The van der Waals surface area contributed by atoms with E-state index in [0.717, 1.165) is 20.6 Å². The number of rotatable bonds is 5. The Kier molecular flexibility index (Phi) is 6.15. The first-order valence-electron chi connectivity index (χ1n) is 7.96. The van der Waals surface area contributed by atoms with Gasteiger partial charge in [0.2, 0.25) is 0 Å². The van der Waals surface area contributed by atoms with Crippen LogP contribution >= 0.6 is 34.4 Å². The van der Waals surface area contributed by atoms with E-state index >= 15 is 0 Å². The summed E-state index contributed by atoms with van der Waals surface area (Å²) in [6, 6.07) is 24.2. The van der Waals surface area contributed by atoms with Crippen LogP contribution in [-0.4, -0.2) is 5.91 Å². The molecule has 0 saturated heterocycles. The Bertz CT molecular complexity index is 880. The minimum absolute atomic E-state index is 0.0759. The Morgan fingerprint density at radius 3 is 2.52 bits per heavy atom. The summed E-state index contributed by atoms with van der Waals surface area (Å²) in [6.07, 6.45) is 0. The van der Waals surface area contributed by atoms with Crippen LogP contribution in [0, 0.1) is 10.5 Å². The fourth-order valence-corrected chi connectivity index (χ4v) is 3.87. The van der Waals surface area contributed by atoms with Crippen molar-refractivity contribution in [2.24, 2.45) is 0 Å². The molecule has 0 saturated carbocycles. The van der Waals surface area contributed by atoms with Crippen LogP contribution < -0.4 is 5.32 Å². The second-order valence-electron chi connectivity index (χ2n) is 5.72. The third-order valence-electron chi connectivity index (χ3n) is 3.77. The first-order chi connectivity index (χ1) is 12.1. The van der Waals surface area contributed by atoms with Crippen molar-refractivity contribution >= 4 is 45.9 Å². The minimum atomic E-state index is -0.0759. The molecule has 1 N–H and O–H groups in total. The van der Waals surface area contributed by atoms with Gasteiger partial charge in [0.25, 0.3) is 5.91 Å². The summed E-state index contributed by atoms with van der Waals surface area (Å²) < 4.78 is 1.05. The van der Waals surface area contributed by atoms with E-state index in [1.165, 1.54) is 10.5 Å². The van der Waals surface area contributed by atoms with Gasteiger partial charge in [0.05, 0.1) is 0 Å². The van der Waals surface area contributed by atoms with Crippen molar-refractivity contribution in [3.63, 3.8) is 0 Å². The van der Waals surface area contributed by atoms with Crippen molar-refractivity contribution in [1.82, 2.24) is 0 Å². The number of aryl methyl sites for hydroxylation is 1. The molecule has 0 aliphatic heterocycles. The van der Waals surface area contributed by atoms with Crippen molar-refractivity contribution in [3.05, 3.63) is 93.1 Å². The van der Waals surface area contributed by atoms with Gasteiger partial charge in [-0.05, 0) is 77.0 Å². The zero-order valence-electron chi connectivity index (χ0n) is 13.8. The van der Waals surface area contributed by atoms with E-state index < -0.39 is 0 Å². The molecule has 3 rings (SSSR count). The zero-order valence-corrected chi connectivity index (χ0v) is 16.8.